The van der Waals surface area contributed by atoms with Gasteiger partial charge in [0.2, 0.25) is 10.0 Å². The number of nitrogens with zero attached hydrogens (tertiary/aromatic N) is 1. The molecule has 0 saturated carbocycles. The summed E-state index contributed by atoms with van der Waals surface area (Å²) in [4.78, 5) is 24.2. The fourth-order valence-corrected chi connectivity index (χ4v) is 4.54. The van der Waals surface area contributed by atoms with Gasteiger partial charge in [0, 0.05) is 13.1 Å². The lowest BCUT2D eigenvalue weighted by Gasteiger charge is -2.34. The number of carbonyl (C=O) groups excluding carboxylic acids is 2. The first-order valence-electron chi connectivity index (χ1n) is 9.27. The predicted molar refractivity (Wildman–Crippen MR) is 106 cm³/mol. The van der Waals surface area contributed by atoms with Gasteiger partial charge in [-0.3, -0.25) is 9.59 Å². The van der Waals surface area contributed by atoms with Crippen LogP contribution in [0.3, 0.4) is 0 Å². The number of rotatable bonds is 6. The average molecular weight is 417 g/mol. The van der Waals surface area contributed by atoms with Crippen LogP contribution in [-0.2, 0) is 30.9 Å². The highest BCUT2D eigenvalue weighted by molar-refractivity contribution is 7.89. The number of carbonyl (C=O) groups is 2. The molecule has 2 aromatic rings. The zero-order chi connectivity index (χ0) is 20.7. The van der Waals surface area contributed by atoms with Crippen molar-refractivity contribution < 1.29 is 22.7 Å². The second kappa shape index (κ2) is 9.64. The molecule has 0 radical (unpaired) electrons. The van der Waals surface area contributed by atoms with Gasteiger partial charge in [0.05, 0.1) is 18.0 Å². The zero-order valence-electron chi connectivity index (χ0n) is 15.8. The minimum absolute atomic E-state index is 0.121. The first-order valence-corrected chi connectivity index (χ1v) is 10.7. The molecular weight excluding hydrogens is 394 g/mol. The number of ether oxygens (including phenoxy) is 1. The molecule has 0 bridgehead atoms. The first-order chi connectivity index (χ1) is 14.0. The Balaban J connectivity index is 1.57. The highest BCUT2D eigenvalue weighted by atomic mass is 32.2. The van der Waals surface area contributed by atoms with Crippen molar-refractivity contribution in [1.29, 1.82) is 0 Å². The van der Waals surface area contributed by atoms with Crippen LogP contribution < -0.4 is 10.6 Å². The van der Waals surface area contributed by atoms with Crippen LogP contribution in [0.5, 0.6) is 0 Å². The average Bonchev–Trinajstić information content (AvgIpc) is 2.77. The molecule has 0 spiro atoms. The minimum atomic E-state index is -3.77. The minimum Gasteiger partial charge on any atom is -0.360 e. The van der Waals surface area contributed by atoms with Gasteiger partial charge >= 0.3 is 11.8 Å². The summed E-state index contributed by atoms with van der Waals surface area (Å²) < 4.78 is 32.6. The molecule has 1 atom stereocenters. The van der Waals surface area contributed by atoms with Gasteiger partial charge in [-0.2, -0.15) is 4.31 Å². The number of hydrogen-bond acceptors (Lipinski definition) is 5. The molecule has 1 aliphatic rings. The van der Waals surface area contributed by atoms with Crippen LogP contribution in [-0.4, -0.2) is 50.5 Å². The molecule has 0 aromatic heterocycles. The third-order valence-electron chi connectivity index (χ3n) is 4.44. The second-order valence-corrected chi connectivity index (χ2v) is 8.38. The van der Waals surface area contributed by atoms with E-state index in [4.69, 9.17) is 4.74 Å². The molecule has 3 rings (SSSR count). The van der Waals surface area contributed by atoms with Crippen LogP contribution in [0.2, 0.25) is 0 Å². The lowest BCUT2D eigenvalue weighted by molar-refractivity contribution is -0.140. The van der Waals surface area contributed by atoms with Crippen LogP contribution in [0.4, 0.5) is 0 Å². The summed E-state index contributed by atoms with van der Waals surface area (Å²) in [7, 11) is -3.77. The van der Waals surface area contributed by atoms with Crippen molar-refractivity contribution in [3.8, 4) is 0 Å². The second-order valence-electron chi connectivity index (χ2n) is 6.49. The Hall–Kier alpha value is -2.75. The van der Waals surface area contributed by atoms with Crippen molar-refractivity contribution in [2.24, 2.45) is 0 Å². The third kappa shape index (κ3) is 5.41. The summed E-state index contributed by atoms with van der Waals surface area (Å²) in [5, 5.41) is 4.99. The van der Waals surface area contributed by atoms with Gasteiger partial charge < -0.3 is 15.4 Å². The number of benzene rings is 2. The molecular formula is C20H23N3O5S. The van der Waals surface area contributed by atoms with Crippen molar-refractivity contribution in [1.82, 2.24) is 14.9 Å². The van der Waals surface area contributed by atoms with E-state index in [1.165, 1.54) is 16.4 Å². The summed E-state index contributed by atoms with van der Waals surface area (Å²) in [6, 6.07) is 17.2. The summed E-state index contributed by atoms with van der Waals surface area (Å²) in [5.74, 6) is -1.63. The summed E-state index contributed by atoms with van der Waals surface area (Å²) in [6.07, 6.45) is -0.325. The lowest BCUT2D eigenvalue weighted by Crippen LogP contribution is -2.53. The molecule has 1 unspecified atom stereocenters. The standard InChI is InChI=1S/C20H23N3O5S/c24-19(21-14-16-8-3-1-4-9-16)20(25)22-15-18-23(12-7-13-28-18)29(26,27)17-10-5-2-6-11-17/h1-6,8-11,18H,7,12-15H2,(H,21,24)(H,22,25). The van der Waals surface area contributed by atoms with Crippen molar-refractivity contribution in [2.45, 2.75) is 24.1 Å². The van der Waals surface area contributed by atoms with Crippen molar-refractivity contribution in [3.63, 3.8) is 0 Å². The van der Waals surface area contributed by atoms with E-state index < -0.39 is 28.1 Å². The van der Waals surface area contributed by atoms with Gasteiger partial charge in [-0.1, -0.05) is 48.5 Å². The Bertz CT molecular complexity index is 935. The molecule has 1 fully saturated rings. The Morgan fingerprint density at radius 2 is 1.59 bits per heavy atom. The summed E-state index contributed by atoms with van der Waals surface area (Å²) in [6.45, 7) is 0.755. The monoisotopic (exact) mass is 417 g/mol. The van der Waals surface area contributed by atoms with E-state index in [2.05, 4.69) is 10.6 Å². The predicted octanol–water partition coefficient (Wildman–Crippen LogP) is 0.856. The molecule has 2 N–H and O–H groups in total. The smallest absolute Gasteiger partial charge is 0.309 e. The van der Waals surface area contributed by atoms with Gasteiger partial charge in [0.15, 0.2) is 0 Å². The first kappa shape index (κ1) is 21.0. The maximum absolute atomic E-state index is 12.9. The Morgan fingerprint density at radius 1 is 0.966 bits per heavy atom. The molecule has 29 heavy (non-hydrogen) atoms. The van der Waals surface area contributed by atoms with Gasteiger partial charge in [-0.25, -0.2) is 8.42 Å². The van der Waals surface area contributed by atoms with E-state index in [9.17, 15) is 18.0 Å². The maximum atomic E-state index is 12.9. The zero-order valence-corrected chi connectivity index (χ0v) is 16.6. The van der Waals surface area contributed by atoms with Crippen LogP contribution in [0.1, 0.15) is 12.0 Å². The van der Waals surface area contributed by atoms with E-state index in [1.807, 2.05) is 30.3 Å². The summed E-state index contributed by atoms with van der Waals surface area (Å²) >= 11 is 0. The van der Waals surface area contributed by atoms with Gasteiger partial charge in [-0.15, -0.1) is 0 Å². The van der Waals surface area contributed by atoms with Crippen molar-refractivity contribution in [3.05, 3.63) is 66.2 Å². The third-order valence-corrected chi connectivity index (χ3v) is 6.35. The van der Waals surface area contributed by atoms with Crippen LogP contribution >= 0.6 is 0 Å². The number of sulfonamides is 1. The SMILES string of the molecule is O=C(NCc1ccccc1)C(=O)NCC1OCCCN1S(=O)(=O)c1ccccc1. The van der Waals surface area contributed by atoms with E-state index in [0.717, 1.165) is 5.56 Å². The number of amides is 2. The molecule has 1 saturated heterocycles. The Morgan fingerprint density at radius 3 is 2.28 bits per heavy atom. The number of nitrogens with one attached hydrogen (secondary N) is 2. The summed E-state index contributed by atoms with van der Waals surface area (Å²) in [5.41, 5.74) is 0.865. The Kier molecular flexibility index (Phi) is 6.97. The quantitative estimate of drug-likeness (QED) is 0.679. The topological polar surface area (TPSA) is 105 Å². The van der Waals surface area contributed by atoms with Gasteiger partial charge in [0.1, 0.15) is 6.23 Å². The molecule has 2 amide bonds. The molecule has 0 aliphatic carbocycles. The van der Waals surface area contributed by atoms with E-state index in [0.29, 0.717) is 13.0 Å². The van der Waals surface area contributed by atoms with Gasteiger partial charge in [0.25, 0.3) is 0 Å². The molecule has 2 aromatic carbocycles. The van der Waals surface area contributed by atoms with Gasteiger partial charge in [-0.05, 0) is 24.1 Å². The Labute approximate surface area is 169 Å². The van der Waals surface area contributed by atoms with Crippen molar-refractivity contribution in [2.75, 3.05) is 19.7 Å². The van der Waals surface area contributed by atoms with Crippen molar-refractivity contribution >= 4 is 21.8 Å². The highest BCUT2D eigenvalue weighted by Crippen LogP contribution is 2.21. The lowest BCUT2D eigenvalue weighted by atomic mass is 10.2. The normalized spacial score (nSPS) is 17.4. The largest absolute Gasteiger partial charge is 0.360 e. The number of hydrogen-bond donors (Lipinski definition) is 2. The molecule has 8 nitrogen and oxygen atoms in total. The fourth-order valence-electron chi connectivity index (χ4n) is 2.95. The van der Waals surface area contributed by atoms with E-state index >= 15 is 0 Å². The highest BCUT2D eigenvalue weighted by Gasteiger charge is 2.34. The van der Waals surface area contributed by atoms with Crippen LogP contribution in [0.25, 0.3) is 0 Å². The molecule has 9 heteroatoms. The van der Waals surface area contributed by atoms with Crippen LogP contribution in [0, 0.1) is 0 Å². The molecule has 1 heterocycles. The maximum Gasteiger partial charge on any atom is 0.309 e. The van der Waals surface area contributed by atoms with Crippen LogP contribution in [0.15, 0.2) is 65.6 Å². The van der Waals surface area contributed by atoms with E-state index in [1.54, 1.807) is 18.2 Å². The fraction of sp³-hybridized carbons (Fsp3) is 0.300. The molecule has 1 aliphatic heterocycles. The molecule has 154 valence electrons. The van der Waals surface area contributed by atoms with E-state index in [-0.39, 0.29) is 24.5 Å².